The second kappa shape index (κ2) is 12.2. The number of aliphatic imine (C=N–C) groups is 4. The Morgan fingerprint density at radius 2 is 0.519 bits per heavy atom. The van der Waals surface area contributed by atoms with Crippen molar-refractivity contribution >= 4 is 67.9 Å². The zero-order valence-electron chi connectivity index (χ0n) is 28.0. The van der Waals surface area contributed by atoms with E-state index in [-0.39, 0.29) is 0 Å². The molecule has 0 fully saturated rings. The highest BCUT2D eigenvalue weighted by atomic mass is 14.9. The first kappa shape index (κ1) is 30.7. The van der Waals surface area contributed by atoms with E-state index in [0.717, 1.165) is 90.2 Å². The summed E-state index contributed by atoms with van der Waals surface area (Å²) >= 11 is 0. The molecule has 4 aromatic rings. The topological polar surface area (TPSA) is 154 Å². The van der Waals surface area contributed by atoms with Crippen molar-refractivity contribution in [3.05, 3.63) is 191 Å². The fraction of sp³-hybridized carbons (Fsp3) is 0. The molecule has 0 amide bonds. The number of anilines is 4. The fourth-order valence-electron chi connectivity index (χ4n) is 7.05. The van der Waals surface area contributed by atoms with Gasteiger partial charge in [0.1, 0.15) is 0 Å². The lowest BCUT2D eigenvalue weighted by molar-refractivity contribution is 1.41. The molecular weight excluding hydrogens is 641 g/mol. The third kappa shape index (κ3) is 5.45. The Hall–Kier alpha value is -7.32. The van der Waals surface area contributed by atoms with Crippen molar-refractivity contribution in [3.8, 4) is 0 Å². The fourth-order valence-corrected chi connectivity index (χ4v) is 7.05. The Balaban J connectivity index is 1.38. The summed E-state index contributed by atoms with van der Waals surface area (Å²) in [5, 5.41) is 0. The molecule has 5 aliphatic rings. The molecule has 0 saturated heterocycles. The minimum absolute atomic E-state index is 0.643. The zero-order chi connectivity index (χ0) is 35.3. The van der Waals surface area contributed by atoms with Crippen molar-refractivity contribution in [2.45, 2.75) is 0 Å². The summed E-state index contributed by atoms with van der Waals surface area (Å²) in [6.45, 7) is 0. The van der Waals surface area contributed by atoms with Crippen LogP contribution in [0.4, 0.5) is 22.7 Å². The quantitative estimate of drug-likeness (QED) is 0.162. The predicted molar refractivity (Wildman–Crippen MR) is 217 cm³/mol. The summed E-state index contributed by atoms with van der Waals surface area (Å²) in [6, 6.07) is 31.2. The van der Waals surface area contributed by atoms with Gasteiger partial charge < -0.3 is 22.9 Å². The summed E-state index contributed by atoms with van der Waals surface area (Å²) in [4.78, 5) is 21.1. The second-order valence-electron chi connectivity index (χ2n) is 12.9. The first-order valence-corrected chi connectivity index (χ1v) is 16.9. The molecule has 248 valence electrons. The van der Waals surface area contributed by atoms with E-state index in [1.807, 2.05) is 146 Å². The van der Waals surface area contributed by atoms with Gasteiger partial charge in [0.2, 0.25) is 0 Å². The molecule has 0 radical (unpaired) electrons. The summed E-state index contributed by atoms with van der Waals surface area (Å²) in [6.07, 6.45) is 16.2. The SMILES string of the molecule is Nc1cccc(C2=C3C=CC(=N3)C(c3cccc(N)c3)=C3C=CC(=N3)C(c3cccc(N)c3)=C3C=CC(=N3)C(c3cccc(N)c3)=C3C=CC2=N3)c1. The Bertz CT molecular complexity index is 2280. The van der Waals surface area contributed by atoms with E-state index in [4.69, 9.17) is 42.9 Å². The van der Waals surface area contributed by atoms with Gasteiger partial charge in [-0.3, -0.25) is 0 Å². The number of rotatable bonds is 4. The normalized spacial score (nSPS) is 17.4. The van der Waals surface area contributed by atoms with Crippen LogP contribution in [-0.2, 0) is 0 Å². The predicted octanol–water partition coefficient (Wildman–Crippen LogP) is 8.02. The highest BCUT2D eigenvalue weighted by Crippen LogP contribution is 2.39. The minimum atomic E-state index is 0.643. The van der Waals surface area contributed by atoms with Crippen molar-refractivity contribution in [1.82, 2.24) is 0 Å². The third-order valence-corrected chi connectivity index (χ3v) is 9.31. The summed E-state index contributed by atoms with van der Waals surface area (Å²) in [5.41, 5.74) is 40.9. The van der Waals surface area contributed by atoms with Gasteiger partial charge in [-0.15, -0.1) is 0 Å². The lowest BCUT2D eigenvalue weighted by Crippen LogP contribution is -2.04. The summed E-state index contributed by atoms with van der Waals surface area (Å²) in [5.74, 6) is 0. The molecule has 8 nitrogen and oxygen atoms in total. The Morgan fingerprint density at radius 1 is 0.288 bits per heavy atom. The summed E-state index contributed by atoms with van der Waals surface area (Å²) in [7, 11) is 0. The Labute approximate surface area is 300 Å². The molecule has 0 aliphatic carbocycles. The van der Waals surface area contributed by atoms with Gasteiger partial charge in [0, 0.05) is 45.0 Å². The van der Waals surface area contributed by atoms with Gasteiger partial charge in [-0.1, -0.05) is 48.5 Å². The Kier molecular flexibility index (Phi) is 7.22. The molecule has 0 spiro atoms. The van der Waals surface area contributed by atoms with Crippen LogP contribution >= 0.6 is 0 Å². The van der Waals surface area contributed by atoms with Gasteiger partial charge in [-0.2, -0.15) is 0 Å². The molecule has 8 heteroatoms. The van der Waals surface area contributed by atoms with E-state index < -0.39 is 0 Å². The van der Waals surface area contributed by atoms with E-state index in [2.05, 4.69) is 0 Å². The second-order valence-corrected chi connectivity index (χ2v) is 12.9. The molecule has 0 saturated carbocycles. The largest absolute Gasteiger partial charge is 0.399 e. The summed E-state index contributed by atoms with van der Waals surface area (Å²) < 4.78 is 0. The number of benzene rings is 4. The van der Waals surface area contributed by atoms with Crippen molar-refractivity contribution < 1.29 is 0 Å². The maximum absolute atomic E-state index is 6.34. The van der Waals surface area contributed by atoms with Gasteiger partial charge in [0.15, 0.2) is 0 Å². The van der Waals surface area contributed by atoms with Crippen LogP contribution in [-0.4, -0.2) is 22.8 Å². The average molecular weight is 673 g/mol. The van der Waals surface area contributed by atoms with E-state index in [1.54, 1.807) is 0 Å². The van der Waals surface area contributed by atoms with Gasteiger partial charge in [-0.25, -0.2) is 20.0 Å². The van der Waals surface area contributed by atoms with Crippen LogP contribution in [0.2, 0.25) is 0 Å². The molecule has 5 aliphatic heterocycles. The van der Waals surface area contributed by atoms with Crippen LogP contribution in [0.1, 0.15) is 22.3 Å². The van der Waals surface area contributed by atoms with Crippen molar-refractivity contribution in [3.63, 3.8) is 0 Å². The zero-order valence-corrected chi connectivity index (χ0v) is 28.0. The number of hydrogen-bond acceptors (Lipinski definition) is 8. The van der Waals surface area contributed by atoms with Gasteiger partial charge in [-0.05, 0) is 119 Å². The molecule has 4 aromatic carbocycles. The minimum Gasteiger partial charge on any atom is -0.399 e. The number of hydrogen-bond donors (Lipinski definition) is 4. The van der Waals surface area contributed by atoms with Crippen molar-refractivity contribution in [2.24, 2.45) is 20.0 Å². The standard InChI is InChI=1S/C44H32N8/c45-29-9-1-5-25(21-29)41-33-13-15-35(49-33)42(26-6-2-10-30(46)22-26)37-17-19-39(51-37)44(28-8-4-12-32(48)24-28)40-20-18-38(52-40)43(36-16-14-34(41)50-36)27-7-3-11-31(47)23-27/h1-24H,45-48H2. The van der Waals surface area contributed by atoms with E-state index in [1.165, 1.54) is 0 Å². The monoisotopic (exact) mass is 672 g/mol. The number of nitrogens with zero attached hydrogens (tertiary/aromatic N) is 4. The maximum Gasteiger partial charge on any atom is 0.0738 e. The third-order valence-electron chi connectivity index (χ3n) is 9.31. The molecule has 0 aromatic heterocycles. The average Bonchev–Trinajstić information content (AvgIpc) is 3.96. The van der Waals surface area contributed by atoms with E-state index in [0.29, 0.717) is 22.7 Å². The van der Waals surface area contributed by atoms with Crippen molar-refractivity contribution in [2.75, 3.05) is 22.9 Å². The number of fused-ring (bicyclic) bond motifs is 4. The molecule has 8 bridgehead atoms. The smallest absolute Gasteiger partial charge is 0.0738 e. The first-order valence-electron chi connectivity index (χ1n) is 16.9. The van der Waals surface area contributed by atoms with Gasteiger partial charge in [0.25, 0.3) is 0 Å². The maximum atomic E-state index is 6.34. The molecule has 0 atom stereocenters. The van der Waals surface area contributed by atoms with E-state index >= 15 is 0 Å². The molecule has 0 unspecified atom stereocenters. The molecule has 9 rings (SSSR count). The first-order chi connectivity index (χ1) is 25.4. The number of allylic oxidation sites excluding steroid dienone is 12. The highest BCUT2D eigenvalue weighted by Gasteiger charge is 2.27. The molecule has 52 heavy (non-hydrogen) atoms. The highest BCUT2D eigenvalue weighted by molar-refractivity contribution is 6.39. The van der Waals surface area contributed by atoms with Gasteiger partial charge >= 0.3 is 0 Å². The Morgan fingerprint density at radius 3 is 0.731 bits per heavy atom. The lowest BCUT2D eigenvalue weighted by Gasteiger charge is -2.13. The lowest BCUT2D eigenvalue weighted by atomic mass is 9.98. The van der Waals surface area contributed by atoms with E-state index in [9.17, 15) is 0 Å². The van der Waals surface area contributed by atoms with Gasteiger partial charge in [0.05, 0.1) is 45.6 Å². The van der Waals surface area contributed by atoms with Crippen LogP contribution in [0.15, 0.2) is 188 Å². The molecular formula is C44H32N8. The van der Waals surface area contributed by atoms with Crippen LogP contribution in [0.5, 0.6) is 0 Å². The number of nitrogen functional groups attached to an aromatic ring is 4. The molecule has 8 N–H and O–H groups in total. The molecule has 5 heterocycles. The van der Waals surface area contributed by atoms with Crippen LogP contribution in [0.25, 0.3) is 22.3 Å². The van der Waals surface area contributed by atoms with Crippen LogP contribution in [0.3, 0.4) is 0 Å². The van der Waals surface area contributed by atoms with Crippen LogP contribution in [0, 0.1) is 0 Å². The van der Waals surface area contributed by atoms with Crippen molar-refractivity contribution in [1.29, 1.82) is 0 Å². The number of nitrogens with two attached hydrogens (primary N) is 4. The van der Waals surface area contributed by atoms with Crippen LogP contribution < -0.4 is 22.9 Å².